The number of carbonyl (C=O) groups excluding carboxylic acids is 1. The summed E-state index contributed by atoms with van der Waals surface area (Å²) in [4.78, 5) is 13.6. The van der Waals surface area contributed by atoms with Crippen molar-refractivity contribution in [3.05, 3.63) is 24.3 Å². The topological polar surface area (TPSA) is 41.6 Å². The Hall–Kier alpha value is -1.55. The first-order valence-electron chi connectivity index (χ1n) is 6.06. The highest BCUT2D eigenvalue weighted by molar-refractivity contribution is 5.97. The van der Waals surface area contributed by atoms with Gasteiger partial charge in [0.05, 0.1) is 5.69 Å². The number of hydrogen-bond acceptors (Lipinski definition) is 3. The molecule has 0 saturated carbocycles. The van der Waals surface area contributed by atoms with Crippen molar-refractivity contribution in [1.29, 1.82) is 0 Å². The number of nitrogens with one attached hydrogen (secondary N) is 1. The summed E-state index contributed by atoms with van der Waals surface area (Å²) in [6.07, 6.45) is 1.10. The highest BCUT2D eigenvalue weighted by atomic mass is 16.5. The molecule has 0 fully saturated rings. The Morgan fingerprint density at radius 2 is 2.18 bits per heavy atom. The van der Waals surface area contributed by atoms with Gasteiger partial charge in [-0.2, -0.15) is 0 Å². The van der Waals surface area contributed by atoms with E-state index in [1.54, 1.807) is 4.90 Å². The van der Waals surface area contributed by atoms with Gasteiger partial charge >= 0.3 is 0 Å². The maximum Gasteiger partial charge on any atom is 0.265 e. The molecular formula is C13H18N2O2. The lowest BCUT2D eigenvalue weighted by Gasteiger charge is -2.29. The molecule has 1 aromatic rings. The van der Waals surface area contributed by atoms with Gasteiger partial charge in [0.2, 0.25) is 0 Å². The third kappa shape index (κ3) is 2.77. The van der Waals surface area contributed by atoms with Gasteiger partial charge in [-0.3, -0.25) is 4.79 Å². The van der Waals surface area contributed by atoms with Crippen LogP contribution in [0, 0.1) is 0 Å². The monoisotopic (exact) mass is 234 g/mol. The van der Waals surface area contributed by atoms with E-state index < -0.39 is 0 Å². The lowest BCUT2D eigenvalue weighted by atomic mass is 10.2. The number of hydrogen-bond donors (Lipinski definition) is 1. The molecule has 1 aliphatic rings. The molecule has 0 atom stereocenters. The van der Waals surface area contributed by atoms with Crippen LogP contribution in [0.4, 0.5) is 5.69 Å². The fraction of sp³-hybridized carbons (Fsp3) is 0.462. The second kappa shape index (κ2) is 5.68. The Morgan fingerprint density at radius 3 is 3.00 bits per heavy atom. The molecule has 0 unspecified atom stereocenters. The molecule has 0 saturated heterocycles. The van der Waals surface area contributed by atoms with Crippen molar-refractivity contribution in [1.82, 2.24) is 5.32 Å². The molecule has 4 nitrogen and oxygen atoms in total. The maximum atomic E-state index is 11.8. The van der Waals surface area contributed by atoms with Crippen LogP contribution >= 0.6 is 0 Å². The minimum absolute atomic E-state index is 0.0296. The third-order valence-electron chi connectivity index (χ3n) is 2.75. The summed E-state index contributed by atoms with van der Waals surface area (Å²) in [6.45, 7) is 4.76. The molecule has 1 aromatic carbocycles. The largest absolute Gasteiger partial charge is 0.482 e. The quantitative estimate of drug-likeness (QED) is 0.783. The SMILES string of the molecule is CCCNCCN1C(=O)COc2ccccc21. The number of nitrogens with zero attached hydrogens (tertiary/aromatic N) is 1. The molecule has 17 heavy (non-hydrogen) atoms. The summed E-state index contributed by atoms with van der Waals surface area (Å²) in [7, 11) is 0. The van der Waals surface area contributed by atoms with Gasteiger partial charge in [-0.05, 0) is 25.1 Å². The van der Waals surface area contributed by atoms with Crippen molar-refractivity contribution in [3.8, 4) is 5.75 Å². The number of anilines is 1. The van der Waals surface area contributed by atoms with E-state index in [-0.39, 0.29) is 12.5 Å². The molecule has 1 amide bonds. The molecule has 2 rings (SSSR count). The normalized spacial score (nSPS) is 14.4. The molecule has 4 heteroatoms. The third-order valence-corrected chi connectivity index (χ3v) is 2.75. The summed E-state index contributed by atoms with van der Waals surface area (Å²) >= 11 is 0. The standard InChI is InChI=1S/C13H18N2O2/c1-2-7-14-8-9-15-11-5-3-4-6-12(11)17-10-13(15)16/h3-6,14H,2,7-10H2,1H3. The number of ether oxygens (including phenoxy) is 1. The minimum Gasteiger partial charge on any atom is -0.482 e. The summed E-state index contributed by atoms with van der Waals surface area (Å²) in [5.41, 5.74) is 0.877. The fourth-order valence-electron chi connectivity index (χ4n) is 1.89. The Morgan fingerprint density at radius 1 is 1.35 bits per heavy atom. The summed E-state index contributed by atoms with van der Waals surface area (Å²) in [5.74, 6) is 0.824. The van der Waals surface area contributed by atoms with Crippen LogP contribution in [-0.4, -0.2) is 32.1 Å². The zero-order chi connectivity index (χ0) is 12.1. The van der Waals surface area contributed by atoms with E-state index in [4.69, 9.17) is 4.74 Å². The van der Waals surface area contributed by atoms with Crippen molar-refractivity contribution < 1.29 is 9.53 Å². The van der Waals surface area contributed by atoms with Gasteiger partial charge in [-0.1, -0.05) is 19.1 Å². The first kappa shape index (κ1) is 11.9. The van der Waals surface area contributed by atoms with E-state index in [1.807, 2.05) is 24.3 Å². The molecule has 0 radical (unpaired) electrons. The summed E-state index contributed by atoms with van der Waals surface area (Å²) < 4.78 is 5.38. The van der Waals surface area contributed by atoms with Crippen LogP contribution < -0.4 is 15.0 Å². The van der Waals surface area contributed by atoms with Crippen molar-refractivity contribution in [2.24, 2.45) is 0 Å². The van der Waals surface area contributed by atoms with Gasteiger partial charge in [-0.15, -0.1) is 0 Å². The molecule has 1 heterocycles. The number of fused-ring (bicyclic) bond motifs is 1. The van der Waals surface area contributed by atoms with E-state index in [0.717, 1.165) is 30.9 Å². The molecule has 0 spiro atoms. The summed E-state index contributed by atoms with van der Waals surface area (Å²) in [6, 6.07) is 7.66. The number of benzene rings is 1. The lowest BCUT2D eigenvalue weighted by molar-refractivity contribution is -0.121. The van der Waals surface area contributed by atoms with Crippen molar-refractivity contribution in [2.75, 3.05) is 31.1 Å². The number of para-hydroxylation sites is 2. The first-order valence-corrected chi connectivity index (χ1v) is 6.06. The first-order chi connectivity index (χ1) is 8.33. The van der Waals surface area contributed by atoms with Crippen LogP contribution in [-0.2, 0) is 4.79 Å². The van der Waals surface area contributed by atoms with Crippen molar-refractivity contribution in [3.63, 3.8) is 0 Å². The Bertz CT molecular complexity index is 393. The van der Waals surface area contributed by atoms with Crippen molar-refractivity contribution in [2.45, 2.75) is 13.3 Å². The van der Waals surface area contributed by atoms with Crippen LogP contribution in [0.25, 0.3) is 0 Å². The predicted molar refractivity (Wildman–Crippen MR) is 67.5 cm³/mol. The Kier molecular flexibility index (Phi) is 3.98. The van der Waals surface area contributed by atoms with Crippen LogP contribution in [0.2, 0.25) is 0 Å². The average molecular weight is 234 g/mol. The van der Waals surface area contributed by atoms with Gasteiger partial charge in [0.25, 0.3) is 5.91 Å². The van der Waals surface area contributed by atoms with E-state index >= 15 is 0 Å². The number of carbonyl (C=O) groups is 1. The van der Waals surface area contributed by atoms with Gasteiger partial charge in [0, 0.05) is 13.1 Å². The van der Waals surface area contributed by atoms with E-state index in [1.165, 1.54) is 0 Å². The summed E-state index contributed by atoms with van der Waals surface area (Å²) in [5, 5.41) is 3.30. The average Bonchev–Trinajstić information content (AvgIpc) is 2.37. The molecule has 0 aromatic heterocycles. The fourth-order valence-corrected chi connectivity index (χ4v) is 1.89. The van der Waals surface area contributed by atoms with Crippen LogP contribution in [0.5, 0.6) is 5.75 Å². The van der Waals surface area contributed by atoms with Crippen molar-refractivity contribution >= 4 is 11.6 Å². The second-order valence-corrected chi connectivity index (χ2v) is 4.05. The Balaban J connectivity index is 2.02. The highest BCUT2D eigenvalue weighted by Crippen LogP contribution is 2.30. The van der Waals surface area contributed by atoms with E-state index in [0.29, 0.717) is 6.54 Å². The Labute approximate surface area is 102 Å². The zero-order valence-corrected chi connectivity index (χ0v) is 10.1. The maximum absolute atomic E-state index is 11.8. The molecule has 0 aliphatic carbocycles. The predicted octanol–water partition coefficient (Wildman–Crippen LogP) is 1.41. The van der Waals surface area contributed by atoms with E-state index in [2.05, 4.69) is 12.2 Å². The van der Waals surface area contributed by atoms with Gasteiger partial charge < -0.3 is 15.0 Å². The molecule has 1 N–H and O–H groups in total. The highest BCUT2D eigenvalue weighted by Gasteiger charge is 2.24. The van der Waals surface area contributed by atoms with Gasteiger partial charge in [-0.25, -0.2) is 0 Å². The number of amides is 1. The zero-order valence-electron chi connectivity index (χ0n) is 10.1. The smallest absolute Gasteiger partial charge is 0.265 e. The van der Waals surface area contributed by atoms with Crippen LogP contribution in [0.1, 0.15) is 13.3 Å². The minimum atomic E-state index is 0.0296. The van der Waals surface area contributed by atoms with Crippen LogP contribution in [0.3, 0.4) is 0 Å². The van der Waals surface area contributed by atoms with Gasteiger partial charge in [0.1, 0.15) is 5.75 Å². The molecule has 1 aliphatic heterocycles. The second-order valence-electron chi connectivity index (χ2n) is 4.05. The van der Waals surface area contributed by atoms with Crippen LogP contribution in [0.15, 0.2) is 24.3 Å². The van der Waals surface area contributed by atoms with E-state index in [9.17, 15) is 4.79 Å². The lowest BCUT2D eigenvalue weighted by Crippen LogP contribution is -2.42. The molecule has 92 valence electrons. The number of rotatable bonds is 5. The molecular weight excluding hydrogens is 216 g/mol. The van der Waals surface area contributed by atoms with Gasteiger partial charge in [0.15, 0.2) is 6.61 Å². The molecule has 0 bridgehead atoms.